The van der Waals surface area contributed by atoms with E-state index >= 15 is 0 Å². The van der Waals surface area contributed by atoms with Gasteiger partial charge in [0, 0.05) is 12.5 Å². The highest BCUT2D eigenvalue weighted by atomic mass is 16.5. The van der Waals surface area contributed by atoms with Gasteiger partial charge < -0.3 is 15.2 Å². The van der Waals surface area contributed by atoms with Gasteiger partial charge in [-0.25, -0.2) is 0 Å². The van der Waals surface area contributed by atoms with Crippen molar-refractivity contribution in [1.29, 1.82) is 0 Å². The van der Waals surface area contributed by atoms with E-state index in [2.05, 4.69) is 43.4 Å². The van der Waals surface area contributed by atoms with E-state index in [0.29, 0.717) is 18.9 Å². The van der Waals surface area contributed by atoms with Crippen LogP contribution in [-0.4, -0.2) is 35.7 Å². The normalized spacial score (nSPS) is 28.8. The highest BCUT2D eigenvalue weighted by Gasteiger charge is 2.47. The number of aliphatic carboxylic acids is 1. The van der Waals surface area contributed by atoms with Crippen molar-refractivity contribution < 1.29 is 19.4 Å². The predicted molar refractivity (Wildman–Crippen MR) is 89.9 cm³/mol. The largest absolute Gasteiger partial charge is 0.481 e. The van der Waals surface area contributed by atoms with Gasteiger partial charge in [-0.15, -0.1) is 0 Å². The molecule has 1 saturated carbocycles. The monoisotopic (exact) mass is 331 g/mol. The smallest absolute Gasteiger partial charge is 0.305 e. The molecule has 0 aromatic heterocycles. The molecule has 0 radical (unpaired) electrons. The number of amides is 1. The summed E-state index contributed by atoms with van der Waals surface area (Å²) in [5.74, 6) is -0.260. The minimum Gasteiger partial charge on any atom is -0.481 e. The maximum Gasteiger partial charge on any atom is 0.305 e. The van der Waals surface area contributed by atoms with Crippen LogP contribution in [0.25, 0.3) is 0 Å². The fourth-order valence-electron chi connectivity index (χ4n) is 3.51. The van der Waals surface area contributed by atoms with Crippen LogP contribution in [0.2, 0.25) is 0 Å². The Morgan fingerprint density at radius 1 is 1.33 bits per heavy atom. The Bertz CT molecular complexity index is 617. The van der Waals surface area contributed by atoms with Crippen LogP contribution in [0.3, 0.4) is 0 Å². The number of hydrogen-bond acceptors (Lipinski definition) is 3. The number of hydrogen-bond donors (Lipinski definition) is 2. The second-order valence-corrected chi connectivity index (χ2v) is 7.41. The number of carboxylic acid groups (broad SMARTS) is 1. The molecule has 1 aromatic rings. The maximum absolute atomic E-state index is 12.5. The van der Waals surface area contributed by atoms with Crippen molar-refractivity contribution in [2.24, 2.45) is 5.92 Å². The second-order valence-electron chi connectivity index (χ2n) is 7.41. The van der Waals surface area contributed by atoms with E-state index in [9.17, 15) is 9.59 Å². The minimum absolute atomic E-state index is 0.0420. The predicted octanol–water partition coefficient (Wildman–Crippen LogP) is 2.66. The molecular weight excluding hydrogens is 306 g/mol. The Labute approximate surface area is 142 Å². The number of carboxylic acids is 1. The SMILES string of the molecule is CC(C)c1ccc(C2CC2C(=O)NC2(CC(=O)O)CCOC2)cc1. The molecule has 0 spiro atoms. The van der Waals surface area contributed by atoms with Gasteiger partial charge >= 0.3 is 5.97 Å². The summed E-state index contributed by atoms with van der Waals surface area (Å²) in [5, 5.41) is 12.1. The van der Waals surface area contributed by atoms with E-state index in [1.54, 1.807) is 0 Å². The molecule has 1 aromatic carbocycles. The number of benzene rings is 1. The summed E-state index contributed by atoms with van der Waals surface area (Å²) in [4.78, 5) is 23.6. The van der Waals surface area contributed by atoms with E-state index in [1.165, 1.54) is 11.1 Å². The molecule has 3 rings (SSSR count). The third-order valence-corrected chi connectivity index (χ3v) is 5.14. The summed E-state index contributed by atoms with van der Waals surface area (Å²) in [6.07, 6.45) is 1.31. The Kier molecular flexibility index (Phi) is 4.63. The van der Waals surface area contributed by atoms with Crippen LogP contribution in [0.15, 0.2) is 24.3 Å². The van der Waals surface area contributed by atoms with Gasteiger partial charge in [0.1, 0.15) is 0 Å². The summed E-state index contributed by atoms with van der Waals surface area (Å²) in [5.41, 5.74) is 1.75. The Morgan fingerprint density at radius 3 is 2.58 bits per heavy atom. The number of rotatable bonds is 6. The van der Waals surface area contributed by atoms with Crippen molar-refractivity contribution in [1.82, 2.24) is 5.32 Å². The lowest BCUT2D eigenvalue weighted by Crippen LogP contribution is -2.51. The molecular formula is C19H25NO4. The van der Waals surface area contributed by atoms with E-state index in [0.717, 1.165) is 6.42 Å². The maximum atomic E-state index is 12.5. The third-order valence-electron chi connectivity index (χ3n) is 5.14. The highest BCUT2D eigenvalue weighted by Crippen LogP contribution is 2.48. The quantitative estimate of drug-likeness (QED) is 0.840. The third kappa shape index (κ3) is 3.61. The van der Waals surface area contributed by atoms with Crippen molar-refractivity contribution in [3.63, 3.8) is 0 Å². The summed E-state index contributed by atoms with van der Waals surface area (Å²) in [6.45, 7) is 5.10. The number of carbonyl (C=O) groups is 2. The van der Waals surface area contributed by atoms with Crippen LogP contribution < -0.4 is 5.32 Å². The first-order chi connectivity index (χ1) is 11.4. The van der Waals surface area contributed by atoms with Gasteiger partial charge in [-0.05, 0) is 35.8 Å². The molecule has 3 unspecified atom stereocenters. The fourth-order valence-corrected chi connectivity index (χ4v) is 3.51. The lowest BCUT2D eigenvalue weighted by molar-refractivity contribution is -0.139. The zero-order valence-electron chi connectivity index (χ0n) is 14.2. The van der Waals surface area contributed by atoms with Crippen LogP contribution in [0.4, 0.5) is 0 Å². The molecule has 5 heteroatoms. The van der Waals surface area contributed by atoms with Gasteiger partial charge in [-0.2, -0.15) is 0 Å². The summed E-state index contributed by atoms with van der Waals surface area (Å²) < 4.78 is 5.33. The first-order valence-electron chi connectivity index (χ1n) is 8.62. The van der Waals surface area contributed by atoms with E-state index in [-0.39, 0.29) is 30.8 Å². The molecule has 0 bridgehead atoms. The van der Waals surface area contributed by atoms with Crippen LogP contribution in [0.5, 0.6) is 0 Å². The van der Waals surface area contributed by atoms with Crippen molar-refractivity contribution >= 4 is 11.9 Å². The van der Waals surface area contributed by atoms with Gasteiger partial charge in [0.25, 0.3) is 0 Å². The van der Waals surface area contributed by atoms with Gasteiger partial charge in [0.15, 0.2) is 0 Å². The molecule has 2 fully saturated rings. The molecule has 2 N–H and O–H groups in total. The topological polar surface area (TPSA) is 75.6 Å². The first-order valence-corrected chi connectivity index (χ1v) is 8.62. The molecule has 130 valence electrons. The molecule has 1 aliphatic heterocycles. The van der Waals surface area contributed by atoms with Crippen molar-refractivity contribution in [2.75, 3.05) is 13.2 Å². The zero-order chi connectivity index (χ0) is 17.3. The first kappa shape index (κ1) is 17.0. The summed E-state index contributed by atoms with van der Waals surface area (Å²) in [6, 6.07) is 8.48. The lowest BCUT2D eigenvalue weighted by Gasteiger charge is -2.27. The molecule has 5 nitrogen and oxygen atoms in total. The van der Waals surface area contributed by atoms with Crippen molar-refractivity contribution in [3.05, 3.63) is 35.4 Å². The molecule has 3 atom stereocenters. The molecule has 1 amide bonds. The van der Waals surface area contributed by atoms with Crippen LogP contribution >= 0.6 is 0 Å². The second kappa shape index (κ2) is 6.55. The van der Waals surface area contributed by atoms with Crippen LogP contribution in [0.1, 0.15) is 56.1 Å². The summed E-state index contributed by atoms with van der Waals surface area (Å²) in [7, 11) is 0. The van der Waals surface area contributed by atoms with Gasteiger partial charge in [-0.1, -0.05) is 38.1 Å². The lowest BCUT2D eigenvalue weighted by atomic mass is 9.93. The standard InChI is InChI=1S/C19H25NO4/c1-12(2)13-3-5-14(6-4-13)15-9-16(15)18(23)20-19(10-17(21)22)7-8-24-11-19/h3-6,12,15-16H,7-11H2,1-2H3,(H,20,23)(H,21,22). The molecule has 1 aliphatic carbocycles. The summed E-state index contributed by atoms with van der Waals surface area (Å²) >= 11 is 0. The average Bonchev–Trinajstić information content (AvgIpc) is 3.21. The van der Waals surface area contributed by atoms with E-state index < -0.39 is 11.5 Å². The fraction of sp³-hybridized carbons (Fsp3) is 0.579. The number of carbonyl (C=O) groups excluding carboxylic acids is 1. The Morgan fingerprint density at radius 2 is 2.04 bits per heavy atom. The average molecular weight is 331 g/mol. The molecule has 24 heavy (non-hydrogen) atoms. The van der Waals surface area contributed by atoms with Crippen molar-refractivity contribution in [2.45, 2.75) is 50.5 Å². The Hall–Kier alpha value is -1.88. The minimum atomic E-state index is -0.905. The Balaban J connectivity index is 1.62. The van der Waals surface area contributed by atoms with Crippen LogP contribution in [0, 0.1) is 5.92 Å². The van der Waals surface area contributed by atoms with Gasteiger partial charge in [-0.3, -0.25) is 9.59 Å². The number of nitrogens with one attached hydrogen (secondary N) is 1. The molecule has 2 aliphatic rings. The van der Waals surface area contributed by atoms with Gasteiger partial charge in [0.05, 0.1) is 18.6 Å². The van der Waals surface area contributed by atoms with Crippen LogP contribution in [-0.2, 0) is 14.3 Å². The number of ether oxygens (including phenoxy) is 1. The van der Waals surface area contributed by atoms with E-state index in [4.69, 9.17) is 9.84 Å². The zero-order valence-corrected chi connectivity index (χ0v) is 14.2. The molecule has 1 saturated heterocycles. The van der Waals surface area contributed by atoms with E-state index in [1.807, 2.05) is 0 Å². The highest BCUT2D eigenvalue weighted by molar-refractivity contribution is 5.84. The van der Waals surface area contributed by atoms with Crippen molar-refractivity contribution in [3.8, 4) is 0 Å². The molecule has 1 heterocycles. The van der Waals surface area contributed by atoms with Gasteiger partial charge in [0.2, 0.25) is 5.91 Å².